The maximum absolute atomic E-state index is 11.1. The van der Waals surface area contributed by atoms with Gasteiger partial charge in [-0.3, -0.25) is 0 Å². The zero-order valence-corrected chi connectivity index (χ0v) is 14.6. The number of hydrogen-bond donors (Lipinski definition) is 2. The number of hydrogen-bond acceptors (Lipinski definition) is 3. The first-order chi connectivity index (χ1) is 10.1. The quantitative estimate of drug-likeness (QED) is 0.853. The first-order valence-electron chi connectivity index (χ1n) is 7.29. The molecule has 1 saturated heterocycles. The summed E-state index contributed by atoms with van der Waals surface area (Å²) >= 11 is 0. The highest BCUT2D eigenvalue weighted by atomic mass is 79.9. The van der Waals surface area contributed by atoms with Crippen molar-refractivity contribution in [3.8, 4) is 0 Å². The van der Waals surface area contributed by atoms with Crippen LogP contribution in [0.3, 0.4) is 0 Å². The van der Waals surface area contributed by atoms with Gasteiger partial charge in [0.1, 0.15) is 6.61 Å². The van der Waals surface area contributed by atoms with Crippen LogP contribution < -0.4 is 5.32 Å². The second kappa shape index (κ2) is 7.15. The van der Waals surface area contributed by atoms with Crippen molar-refractivity contribution in [2.24, 2.45) is 0 Å². The molecule has 1 fully saturated rings. The van der Waals surface area contributed by atoms with Gasteiger partial charge in [-0.2, -0.15) is 0 Å². The molecule has 0 bridgehead atoms. The van der Waals surface area contributed by atoms with Crippen molar-refractivity contribution in [1.82, 2.24) is 15.2 Å². The smallest absolute Gasteiger partial charge is 0.407 e. The highest BCUT2D eigenvalue weighted by Crippen LogP contribution is 2.21. The van der Waals surface area contributed by atoms with E-state index >= 15 is 0 Å². The van der Waals surface area contributed by atoms with E-state index < -0.39 is 0 Å². The molecule has 0 radical (unpaired) electrons. The number of halogens is 1. The Labute approximate surface area is 140 Å². The van der Waals surface area contributed by atoms with Gasteiger partial charge >= 0.3 is 6.09 Å². The van der Waals surface area contributed by atoms with Crippen LogP contribution in [0.4, 0.5) is 4.79 Å². The molecule has 2 N–H and O–H groups in total. The number of aromatic amines is 1. The third kappa shape index (κ3) is 3.81. The predicted molar refractivity (Wildman–Crippen MR) is 92.9 cm³/mol. The second-order valence-electron chi connectivity index (χ2n) is 5.89. The SMILES string of the molecule is Br.CN(C)CCc1c[nH]c2ccc(C[C@H]3COC(=O)N3)cc12. The second-order valence-corrected chi connectivity index (χ2v) is 5.89. The molecule has 1 aliphatic heterocycles. The summed E-state index contributed by atoms with van der Waals surface area (Å²) in [6.07, 6.45) is 3.62. The highest BCUT2D eigenvalue weighted by molar-refractivity contribution is 8.93. The fraction of sp³-hybridized carbons (Fsp3) is 0.438. The standard InChI is InChI=1S/C16H21N3O2.BrH/c1-19(2)6-5-12-9-17-15-4-3-11(8-14(12)15)7-13-10-21-16(20)18-13;/h3-4,8-9,13,17H,5-7,10H2,1-2H3,(H,18,20);1H/t13-;/m0./s1. The molecular weight excluding hydrogens is 346 g/mol. The van der Waals surface area contributed by atoms with E-state index in [-0.39, 0.29) is 29.1 Å². The number of carbonyl (C=O) groups excluding carboxylic acids is 1. The molecule has 120 valence electrons. The average molecular weight is 368 g/mol. The van der Waals surface area contributed by atoms with Crippen molar-refractivity contribution in [2.45, 2.75) is 18.9 Å². The fourth-order valence-electron chi connectivity index (χ4n) is 2.72. The number of nitrogens with one attached hydrogen (secondary N) is 2. The zero-order chi connectivity index (χ0) is 14.8. The summed E-state index contributed by atoms with van der Waals surface area (Å²) in [6.45, 7) is 1.49. The zero-order valence-electron chi connectivity index (χ0n) is 12.9. The van der Waals surface area contributed by atoms with Crippen molar-refractivity contribution in [3.05, 3.63) is 35.5 Å². The van der Waals surface area contributed by atoms with E-state index in [4.69, 9.17) is 4.74 Å². The number of fused-ring (bicyclic) bond motifs is 1. The van der Waals surface area contributed by atoms with Crippen LogP contribution in [0.2, 0.25) is 0 Å². The summed E-state index contributed by atoms with van der Waals surface area (Å²) in [5.41, 5.74) is 3.73. The normalized spacial score (nSPS) is 17.4. The number of ether oxygens (including phenoxy) is 1. The first-order valence-corrected chi connectivity index (χ1v) is 7.29. The lowest BCUT2D eigenvalue weighted by Gasteiger charge is -2.09. The number of carbonyl (C=O) groups is 1. The number of nitrogens with zero attached hydrogens (tertiary/aromatic N) is 1. The Morgan fingerprint density at radius 3 is 2.86 bits per heavy atom. The lowest BCUT2D eigenvalue weighted by atomic mass is 10.0. The summed E-state index contributed by atoms with van der Waals surface area (Å²) < 4.78 is 4.94. The minimum absolute atomic E-state index is 0. The Hall–Kier alpha value is -1.53. The van der Waals surface area contributed by atoms with Crippen LogP contribution in [-0.2, 0) is 17.6 Å². The number of H-pyrrole nitrogens is 1. The molecule has 1 aromatic carbocycles. The maximum atomic E-state index is 11.1. The largest absolute Gasteiger partial charge is 0.447 e. The van der Waals surface area contributed by atoms with E-state index in [1.807, 2.05) is 0 Å². The van der Waals surface area contributed by atoms with Crippen molar-refractivity contribution in [2.75, 3.05) is 27.2 Å². The molecule has 1 aromatic heterocycles. The van der Waals surface area contributed by atoms with Crippen molar-refractivity contribution in [3.63, 3.8) is 0 Å². The number of amides is 1. The summed E-state index contributed by atoms with van der Waals surface area (Å²) in [5, 5.41) is 4.10. The Morgan fingerprint density at radius 1 is 1.36 bits per heavy atom. The number of benzene rings is 1. The van der Waals surface area contributed by atoms with Crippen LogP contribution in [0.25, 0.3) is 10.9 Å². The minimum Gasteiger partial charge on any atom is -0.447 e. The molecule has 2 heterocycles. The molecule has 5 nitrogen and oxygen atoms in total. The van der Waals surface area contributed by atoms with Gasteiger partial charge in [-0.25, -0.2) is 4.79 Å². The Kier molecular flexibility index (Phi) is 5.47. The molecule has 6 heteroatoms. The highest BCUT2D eigenvalue weighted by Gasteiger charge is 2.22. The summed E-state index contributed by atoms with van der Waals surface area (Å²) in [5.74, 6) is 0. The van der Waals surface area contributed by atoms with Crippen LogP contribution in [0.15, 0.2) is 24.4 Å². The van der Waals surface area contributed by atoms with Crippen LogP contribution in [0.1, 0.15) is 11.1 Å². The molecule has 1 amide bonds. The average Bonchev–Trinajstić information content (AvgIpc) is 3.03. The Bertz CT molecular complexity index is 654. The van der Waals surface area contributed by atoms with Gasteiger partial charge in [-0.05, 0) is 50.2 Å². The van der Waals surface area contributed by atoms with Gasteiger partial charge in [0.2, 0.25) is 0 Å². The van der Waals surface area contributed by atoms with Crippen LogP contribution >= 0.6 is 17.0 Å². The van der Waals surface area contributed by atoms with E-state index in [0.29, 0.717) is 6.61 Å². The summed E-state index contributed by atoms with van der Waals surface area (Å²) in [6, 6.07) is 6.53. The Balaban J connectivity index is 0.00000176. The van der Waals surface area contributed by atoms with E-state index in [1.165, 1.54) is 22.0 Å². The topological polar surface area (TPSA) is 57.4 Å². The maximum Gasteiger partial charge on any atom is 0.407 e. The molecule has 0 aliphatic carbocycles. The van der Waals surface area contributed by atoms with Crippen LogP contribution in [0, 0.1) is 0 Å². The monoisotopic (exact) mass is 367 g/mol. The third-order valence-corrected chi connectivity index (χ3v) is 3.88. The lowest BCUT2D eigenvalue weighted by Crippen LogP contribution is -2.28. The predicted octanol–water partition coefficient (Wildman–Crippen LogP) is 2.50. The molecule has 1 atom stereocenters. The molecule has 0 saturated carbocycles. The van der Waals surface area contributed by atoms with Gasteiger partial charge in [0.25, 0.3) is 0 Å². The van der Waals surface area contributed by atoms with Crippen LogP contribution in [-0.4, -0.2) is 49.3 Å². The van der Waals surface area contributed by atoms with E-state index in [1.54, 1.807) is 0 Å². The number of cyclic esters (lactones) is 1. The number of likely N-dealkylation sites (N-methyl/N-ethyl adjacent to an activating group) is 1. The van der Waals surface area contributed by atoms with Gasteiger partial charge in [-0.1, -0.05) is 6.07 Å². The van der Waals surface area contributed by atoms with Gasteiger partial charge in [0, 0.05) is 23.6 Å². The molecule has 1 aliphatic rings. The van der Waals surface area contributed by atoms with Crippen LogP contribution in [0.5, 0.6) is 0 Å². The molecule has 0 spiro atoms. The lowest BCUT2D eigenvalue weighted by molar-refractivity contribution is 0.177. The first kappa shape index (κ1) is 16.8. The fourth-order valence-corrected chi connectivity index (χ4v) is 2.72. The molecule has 0 unspecified atom stereocenters. The van der Waals surface area contributed by atoms with Crippen molar-refractivity contribution in [1.29, 1.82) is 0 Å². The van der Waals surface area contributed by atoms with Crippen molar-refractivity contribution >= 4 is 34.0 Å². The molecule has 22 heavy (non-hydrogen) atoms. The Morgan fingerprint density at radius 2 is 2.18 bits per heavy atom. The van der Waals surface area contributed by atoms with Gasteiger partial charge < -0.3 is 19.9 Å². The van der Waals surface area contributed by atoms with Crippen molar-refractivity contribution < 1.29 is 9.53 Å². The molecule has 2 aromatic rings. The number of aromatic nitrogens is 1. The number of alkyl carbamates (subject to hydrolysis) is 1. The van der Waals surface area contributed by atoms with Gasteiger partial charge in [-0.15, -0.1) is 17.0 Å². The number of rotatable bonds is 5. The molecular formula is C16H22BrN3O2. The minimum atomic E-state index is -0.311. The summed E-state index contributed by atoms with van der Waals surface area (Å²) in [7, 11) is 4.17. The van der Waals surface area contributed by atoms with E-state index in [2.05, 4.69) is 53.7 Å². The van der Waals surface area contributed by atoms with E-state index in [9.17, 15) is 4.79 Å². The van der Waals surface area contributed by atoms with Gasteiger partial charge in [0.15, 0.2) is 0 Å². The summed E-state index contributed by atoms with van der Waals surface area (Å²) in [4.78, 5) is 16.6. The van der Waals surface area contributed by atoms with E-state index in [0.717, 1.165) is 19.4 Å². The third-order valence-electron chi connectivity index (χ3n) is 3.88. The molecule has 3 rings (SSSR count). The van der Waals surface area contributed by atoms with Gasteiger partial charge in [0.05, 0.1) is 6.04 Å².